The van der Waals surface area contributed by atoms with Gasteiger partial charge in [0.2, 0.25) is 0 Å². The second-order valence-electron chi connectivity index (χ2n) is 6.25. The molecule has 160 valence electrons. The Bertz CT molecular complexity index is 1120. The Kier molecular flexibility index (Phi) is 6.54. The van der Waals surface area contributed by atoms with Crippen molar-refractivity contribution in [3.63, 3.8) is 0 Å². The van der Waals surface area contributed by atoms with Crippen LogP contribution in [0.25, 0.3) is 0 Å². The molecule has 0 aliphatic heterocycles. The standard InChI is InChI=1S/C22H16F4N2O3/c23-21(24)22(25,26)31-20-10-9-16(27-12-14-5-1-3-7-18(14)29)11-17(20)28-13-15-6-2-4-8-19(15)30/h1-13,21,29-30H. The van der Waals surface area contributed by atoms with E-state index in [0.717, 1.165) is 6.07 Å². The van der Waals surface area contributed by atoms with E-state index in [4.69, 9.17) is 0 Å². The molecular weight excluding hydrogens is 416 g/mol. The molecule has 0 unspecified atom stereocenters. The molecular formula is C22H16F4N2O3. The average Bonchev–Trinajstić information content (AvgIpc) is 2.73. The summed E-state index contributed by atoms with van der Waals surface area (Å²) in [6.45, 7) is 0. The van der Waals surface area contributed by atoms with Crippen molar-refractivity contribution in [3.8, 4) is 17.2 Å². The molecule has 0 saturated heterocycles. The highest BCUT2D eigenvalue weighted by atomic mass is 19.3. The fourth-order valence-corrected chi connectivity index (χ4v) is 2.44. The molecule has 0 saturated carbocycles. The number of para-hydroxylation sites is 2. The van der Waals surface area contributed by atoms with Crippen LogP contribution < -0.4 is 4.74 Å². The van der Waals surface area contributed by atoms with Gasteiger partial charge in [-0.15, -0.1) is 0 Å². The number of nitrogens with zero attached hydrogens (tertiary/aromatic N) is 2. The number of hydrogen-bond donors (Lipinski definition) is 2. The number of phenols is 2. The van der Waals surface area contributed by atoms with Crippen LogP contribution in [0.15, 0.2) is 76.7 Å². The predicted octanol–water partition coefficient (Wildman–Crippen LogP) is 5.84. The molecule has 0 aliphatic carbocycles. The molecule has 9 heteroatoms. The summed E-state index contributed by atoms with van der Waals surface area (Å²) in [6, 6.07) is 16.1. The molecule has 0 fully saturated rings. The molecule has 3 aromatic carbocycles. The molecule has 0 bridgehead atoms. The second kappa shape index (κ2) is 9.29. The Morgan fingerprint density at radius 1 is 0.806 bits per heavy atom. The SMILES string of the molecule is Oc1ccccc1C=Nc1ccc(OC(F)(F)C(F)F)c(N=Cc2ccccc2O)c1. The smallest absolute Gasteiger partial charge is 0.461 e. The molecule has 0 spiro atoms. The zero-order valence-electron chi connectivity index (χ0n) is 15.8. The third-order valence-corrected chi connectivity index (χ3v) is 4.01. The van der Waals surface area contributed by atoms with E-state index in [1.165, 1.54) is 42.8 Å². The Morgan fingerprint density at radius 2 is 1.35 bits per heavy atom. The first kappa shape index (κ1) is 21.8. The van der Waals surface area contributed by atoms with E-state index in [1.807, 2.05) is 0 Å². The first-order chi connectivity index (χ1) is 14.8. The van der Waals surface area contributed by atoms with Gasteiger partial charge in [0, 0.05) is 23.6 Å². The third-order valence-electron chi connectivity index (χ3n) is 4.01. The summed E-state index contributed by atoms with van der Waals surface area (Å²) in [6.07, 6.45) is -6.25. The van der Waals surface area contributed by atoms with Gasteiger partial charge in [0.05, 0.1) is 5.69 Å². The first-order valence-corrected chi connectivity index (χ1v) is 8.89. The Labute approximate surface area is 174 Å². The van der Waals surface area contributed by atoms with Crippen molar-refractivity contribution in [2.75, 3.05) is 0 Å². The molecule has 31 heavy (non-hydrogen) atoms. The van der Waals surface area contributed by atoms with Gasteiger partial charge in [-0.25, -0.2) is 0 Å². The van der Waals surface area contributed by atoms with Crippen LogP contribution in [0.4, 0.5) is 28.9 Å². The normalized spacial score (nSPS) is 12.2. The number of ether oxygens (including phenoxy) is 1. The summed E-state index contributed by atoms with van der Waals surface area (Å²) in [5.41, 5.74) is 0.708. The zero-order valence-corrected chi connectivity index (χ0v) is 15.8. The maximum atomic E-state index is 13.4. The number of hydrogen-bond acceptors (Lipinski definition) is 5. The Morgan fingerprint density at radius 3 is 1.90 bits per heavy atom. The fraction of sp³-hybridized carbons (Fsp3) is 0.0909. The van der Waals surface area contributed by atoms with Crippen LogP contribution >= 0.6 is 0 Å². The van der Waals surface area contributed by atoms with Crippen LogP contribution in [0.1, 0.15) is 11.1 Å². The predicted molar refractivity (Wildman–Crippen MR) is 109 cm³/mol. The second-order valence-corrected chi connectivity index (χ2v) is 6.25. The lowest BCUT2D eigenvalue weighted by Gasteiger charge is -2.18. The summed E-state index contributed by atoms with van der Waals surface area (Å²) in [5.74, 6) is -0.723. The number of benzene rings is 3. The average molecular weight is 432 g/mol. The number of phenolic OH excluding ortho intramolecular Hbond substituents is 2. The molecule has 0 aromatic heterocycles. The summed E-state index contributed by atoms with van der Waals surface area (Å²) in [5, 5.41) is 19.6. The van der Waals surface area contributed by atoms with Crippen molar-refractivity contribution < 1.29 is 32.5 Å². The molecule has 5 nitrogen and oxygen atoms in total. The van der Waals surface area contributed by atoms with E-state index < -0.39 is 18.3 Å². The number of alkyl halides is 4. The maximum absolute atomic E-state index is 13.4. The van der Waals surface area contributed by atoms with Crippen LogP contribution in [-0.4, -0.2) is 35.2 Å². The third kappa shape index (κ3) is 5.59. The lowest BCUT2D eigenvalue weighted by Crippen LogP contribution is -2.33. The van der Waals surface area contributed by atoms with E-state index >= 15 is 0 Å². The summed E-state index contributed by atoms with van der Waals surface area (Å²) in [4.78, 5) is 8.15. The molecule has 3 rings (SSSR count). The molecule has 0 amide bonds. The van der Waals surface area contributed by atoms with Gasteiger partial charge >= 0.3 is 12.5 Å². The van der Waals surface area contributed by atoms with Gasteiger partial charge in [-0.1, -0.05) is 24.3 Å². The lowest BCUT2D eigenvalue weighted by molar-refractivity contribution is -0.252. The van der Waals surface area contributed by atoms with Crippen LogP contribution in [0.3, 0.4) is 0 Å². The van der Waals surface area contributed by atoms with Crippen molar-refractivity contribution in [2.45, 2.75) is 12.5 Å². The van der Waals surface area contributed by atoms with E-state index in [9.17, 15) is 27.8 Å². The number of rotatable bonds is 7. The fourth-order valence-electron chi connectivity index (χ4n) is 2.44. The van der Waals surface area contributed by atoms with Crippen molar-refractivity contribution in [1.29, 1.82) is 0 Å². The minimum absolute atomic E-state index is 0.0134. The summed E-state index contributed by atoms with van der Waals surface area (Å²) >= 11 is 0. The monoisotopic (exact) mass is 432 g/mol. The molecule has 0 heterocycles. The van der Waals surface area contributed by atoms with Crippen molar-refractivity contribution in [3.05, 3.63) is 77.9 Å². The van der Waals surface area contributed by atoms with Crippen LogP contribution in [0.5, 0.6) is 17.2 Å². The van der Waals surface area contributed by atoms with E-state index in [-0.39, 0.29) is 28.4 Å². The van der Waals surface area contributed by atoms with Crippen LogP contribution in [0.2, 0.25) is 0 Å². The highest BCUT2D eigenvalue weighted by Crippen LogP contribution is 2.37. The van der Waals surface area contributed by atoms with Crippen LogP contribution in [0, 0.1) is 0 Å². The van der Waals surface area contributed by atoms with Crippen molar-refractivity contribution >= 4 is 23.8 Å². The largest absolute Gasteiger partial charge is 0.507 e. The van der Waals surface area contributed by atoms with Gasteiger partial charge in [-0.2, -0.15) is 17.6 Å². The lowest BCUT2D eigenvalue weighted by atomic mass is 10.2. The van der Waals surface area contributed by atoms with Crippen LogP contribution in [-0.2, 0) is 0 Å². The van der Waals surface area contributed by atoms with Gasteiger partial charge in [-0.3, -0.25) is 9.98 Å². The number of halogens is 4. The van der Waals surface area contributed by atoms with E-state index in [2.05, 4.69) is 14.7 Å². The van der Waals surface area contributed by atoms with Crippen molar-refractivity contribution in [1.82, 2.24) is 0 Å². The molecule has 3 aromatic rings. The van der Waals surface area contributed by atoms with Gasteiger partial charge in [-0.05, 0) is 42.5 Å². The molecule has 0 atom stereocenters. The van der Waals surface area contributed by atoms with Gasteiger partial charge < -0.3 is 14.9 Å². The zero-order chi connectivity index (χ0) is 22.4. The maximum Gasteiger partial charge on any atom is 0.461 e. The number of aliphatic imine (C=N–C) groups is 2. The highest BCUT2D eigenvalue weighted by molar-refractivity contribution is 5.87. The van der Waals surface area contributed by atoms with Crippen molar-refractivity contribution in [2.24, 2.45) is 9.98 Å². The topological polar surface area (TPSA) is 74.4 Å². The minimum Gasteiger partial charge on any atom is -0.507 e. The van der Waals surface area contributed by atoms with E-state index in [1.54, 1.807) is 30.3 Å². The van der Waals surface area contributed by atoms with Gasteiger partial charge in [0.25, 0.3) is 0 Å². The quantitative estimate of drug-likeness (QED) is 0.364. The molecule has 0 aliphatic rings. The molecule has 0 radical (unpaired) electrons. The Hall–Kier alpha value is -3.88. The van der Waals surface area contributed by atoms with E-state index in [0.29, 0.717) is 5.56 Å². The number of aromatic hydroxyl groups is 2. The van der Waals surface area contributed by atoms with Gasteiger partial charge in [0.1, 0.15) is 17.2 Å². The van der Waals surface area contributed by atoms with Gasteiger partial charge in [0.15, 0.2) is 5.75 Å². The summed E-state index contributed by atoms with van der Waals surface area (Å²) < 4.78 is 56.2. The highest BCUT2D eigenvalue weighted by Gasteiger charge is 2.44. The summed E-state index contributed by atoms with van der Waals surface area (Å²) in [7, 11) is 0. The Balaban J connectivity index is 1.97. The first-order valence-electron chi connectivity index (χ1n) is 8.89. The molecule has 2 N–H and O–H groups in total. The minimum atomic E-state index is -4.72.